The van der Waals surface area contributed by atoms with Crippen LogP contribution < -0.4 is 15.4 Å². The number of fused-ring (bicyclic) bond motifs is 2. The molecule has 2 aromatic rings. The minimum Gasteiger partial charge on any atom is -0.496 e. The number of carbonyl (C=O) groups is 4. The highest BCUT2D eigenvalue weighted by atomic mass is 16.5. The number of methoxy groups -OCH3 is 1. The molecule has 1 aliphatic carbocycles. The van der Waals surface area contributed by atoms with E-state index in [1.807, 2.05) is 52.8 Å². The van der Waals surface area contributed by atoms with Crippen molar-refractivity contribution in [1.29, 1.82) is 0 Å². The zero-order valence-corrected chi connectivity index (χ0v) is 25.3. The number of aliphatic hydroxyl groups excluding tert-OH is 1. The van der Waals surface area contributed by atoms with Crippen LogP contribution in [-0.2, 0) is 14.4 Å². The van der Waals surface area contributed by atoms with Crippen LogP contribution in [0.3, 0.4) is 0 Å². The molecule has 5 atom stereocenters. The van der Waals surface area contributed by atoms with Gasteiger partial charge >= 0.3 is 0 Å². The lowest BCUT2D eigenvalue weighted by molar-refractivity contribution is -0.143. The number of Topliss-reactive ketones (excluding diaryl/α,β-unsaturated/α-hetero) is 1. The number of nitrogens with zero attached hydrogens (tertiary/aromatic N) is 1. The number of nitrogens with one attached hydrogen (secondary N) is 3. The maximum absolute atomic E-state index is 14.1. The third-order valence-corrected chi connectivity index (χ3v) is 8.79. The fourth-order valence-corrected chi connectivity index (χ4v) is 6.47. The minimum absolute atomic E-state index is 0.0622. The summed E-state index contributed by atoms with van der Waals surface area (Å²) in [5.41, 5.74) is 0.293. The highest BCUT2D eigenvalue weighted by Crippen LogP contribution is 2.65. The van der Waals surface area contributed by atoms with Crippen LogP contribution in [0, 0.1) is 28.6 Å². The van der Waals surface area contributed by atoms with E-state index in [0.717, 1.165) is 10.9 Å². The van der Waals surface area contributed by atoms with Crippen molar-refractivity contribution in [3.63, 3.8) is 0 Å². The molecule has 4 rings (SSSR count). The van der Waals surface area contributed by atoms with Gasteiger partial charge in [0, 0.05) is 17.4 Å². The van der Waals surface area contributed by atoms with Gasteiger partial charge in [-0.05, 0) is 53.2 Å². The first-order chi connectivity index (χ1) is 19.1. The molecule has 0 spiro atoms. The normalized spacial score (nSPS) is 22.7. The summed E-state index contributed by atoms with van der Waals surface area (Å²) in [7, 11) is 1.57. The van der Waals surface area contributed by atoms with Gasteiger partial charge in [-0.25, -0.2) is 0 Å². The molecule has 1 saturated heterocycles. The molecule has 2 fully saturated rings. The molecule has 1 aromatic heterocycles. The number of hydrogen-bond donors (Lipinski definition) is 4. The monoisotopic (exact) mass is 568 g/mol. The Bertz CT molecular complexity index is 1340. The summed E-state index contributed by atoms with van der Waals surface area (Å²) in [6, 6.07) is 4.67. The van der Waals surface area contributed by atoms with Crippen molar-refractivity contribution in [2.24, 2.45) is 28.6 Å². The molecular formula is C31H44N4O6. The maximum atomic E-state index is 14.1. The Morgan fingerprint density at radius 2 is 1.85 bits per heavy atom. The number of rotatable bonds is 10. The lowest BCUT2D eigenvalue weighted by Gasteiger charge is -2.36. The Kier molecular flexibility index (Phi) is 8.28. The number of benzene rings is 1. The maximum Gasteiger partial charge on any atom is 0.268 e. The van der Waals surface area contributed by atoms with Crippen molar-refractivity contribution in [1.82, 2.24) is 20.5 Å². The van der Waals surface area contributed by atoms with E-state index in [2.05, 4.69) is 29.5 Å². The second-order valence-corrected chi connectivity index (χ2v) is 13.6. The molecule has 3 amide bonds. The summed E-state index contributed by atoms with van der Waals surface area (Å²) in [6.45, 7) is 13.3. The number of aromatic amines is 1. The predicted molar refractivity (Wildman–Crippen MR) is 155 cm³/mol. The Balaban J connectivity index is 1.59. The number of H-pyrrole nitrogens is 1. The Hall–Kier alpha value is -3.40. The highest BCUT2D eigenvalue weighted by Gasteiger charge is 2.69. The van der Waals surface area contributed by atoms with E-state index >= 15 is 0 Å². The van der Waals surface area contributed by atoms with Crippen molar-refractivity contribution in [2.75, 3.05) is 20.3 Å². The average Bonchev–Trinajstić information content (AvgIpc) is 3.28. The number of aromatic nitrogens is 1. The molecule has 0 radical (unpaired) electrons. The number of ketones is 1. The molecule has 41 heavy (non-hydrogen) atoms. The smallest absolute Gasteiger partial charge is 0.268 e. The number of carbonyl (C=O) groups excluding carboxylic acids is 4. The average molecular weight is 569 g/mol. The second kappa shape index (κ2) is 11.1. The lowest BCUT2D eigenvalue weighted by atomic mass is 9.84. The van der Waals surface area contributed by atoms with Crippen LogP contribution in [0.1, 0.15) is 65.4 Å². The number of aliphatic hydroxyl groups is 1. The number of likely N-dealkylation sites (tertiary alicyclic amines) is 1. The summed E-state index contributed by atoms with van der Waals surface area (Å²) in [4.78, 5) is 58.5. The van der Waals surface area contributed by atoms with Crippen LogP contribution in [-0.4, -0.2) is 76.9 Å². The van der Waals surface area contributed by atoms with Crippen molar-refractivity contribution < 1.29 is 29.0 Å². The van der Waals surface area contributed by atoms with Crippen LogP contribution in [0.5, 0.6) is 5.75 Å². The van der Waals surface area contributed by atoms with E-state index in [-0.39, 0.29) is 29.1 Å². The molecule has 4 N–H and O–H groups in total. The Morgan fingerprint density at radius 1 is 1.17 bits per heavy atom. The molecule has 224 valence electrons. The van der Waals surface area contributed by atoms with Gasteiger partial charge in [0.05, 0.1) is 13.2 Å². The standard InChI is InChI=1S/C31H44N4O6/c1-16(2)12-21(33-27(38)20-13-17-19(32-20)10-9-11-23(17)41-8)29(40)35-14-18-24(31(18,6)7)25(35)28(39)34-26(22(37)15-36)30(3,4)5/h9-11,13,16,18,21,24-26,32,36H,12,14-15H2,1-8H3,(H,33,38)(H,34,39)/t18-,21-,24-,25-,26?/m0/s1. The fourth-order valence-electron chi connectivity index (χ4n) is 6.47. The zero-order chi connectivity index (χ0) is 30.4. The van der Waals surface area contributed by atoms with Crippen molar-refractivity contribution in [3.05, 3.63) is 30.0 Å². The van der Waals surface area contributed by atoms with Gasteiger partial charge in [-0.15, -0.1) is 0 Å². The quantitative estimate of drug-likeness (QED) is 0.347. The first-order valence-corrected chi connectivity index (χ1v) is 14.3. The highest BCUT2D eigenvalue weighted by molar-refractivity contribution is 6.02. The summed E-state index contributed by atoms with van der Waals surface area (Å²) >= 11 is 0. The minimum atomic E-state index is -0.900. The molecule has 2 aliphatic rings. The van der Waals surface area contributed by atoms with E-state index in [1.54, 1.807) is 18.1 Å². The van der Waals surface area contributed by atoms with Gasteiger partial charge in [0.15, 0.2) is 5.78 Å². The second-order valence-electron chi connectivity index (χ2n) is 13.6. The van der Waals surface area contributed by atoms with Gasteiger partial charge in [0.25, 0.3) is 5.91 Å². The number of amides is 3. The molecule has 2 heterocycles. The van der Waals surface area contributed by atoms with E-state index in [9.17, 15) is 24.3 Å². The van der Waals surface area contributed by atoms with Crippen LogP contribution in [0.2, 0.25) is 0 Å². The summed E-state index contributed by atoms with van der Waals surface area (Å²) < 4.78 is 5.41. The van der Waals surface area contributed by atoms with Gasteiger partial charge in [0.2, 0.25) is 11.8 Å². The number of ether oxygens (including phenoxy) is 1. The van der Waals surface area contributed by atoms with E-state index in [1.165, 1.54) is 0 Å². The fraction of sp³-hybridized carbons (Fsp3) is 0.613. The molecule has 0 bridgehead atoms. The van der Waals surface area contributed by atoms with Gasteiger partial charge in [-0.1, -0.05) is 54.5 Å². The van der Waals surface area contributed by atoms with Gasteiger partial charge in [-0.3, -0.25) is 19.2 Å². The van der Waals surface area contributed by atoms with Gasteiger partial charge in [-0.2, -0.15) is 0 Å². The summed E-state index contributed by atoms with van der Waals surface area (Å²) in [5, 5.41) is 16.1. The van der Waals surface area contributed by atoms with Crippen molar-refractivity contribution in [3.8, 4) is 5.75 Å². The lowest BCUT2D eigenvalue weighted by Crippen LogP contribution is -2.59. The van der Waals surface area contributed by atoms with Gasteiger partial charge in [0.1, 0.15) is 30.1 Å². The molecule has 10 nitrogen and oxygen atoms in total. The first-order valence-electron chi connectivity index (χ1n) is 14.3. The largest absolute Gasteiger partial charge is 0.496 e. The van der Waals surface area contributed by atoms with Gasteiger partial charge < -0.3 is 30.4 Å². The number of hydrogen-bond acceptors (Lipinski definition) is 6. The first kappa shape index (κ1) is 30.6. The van der Waals surface area contributed by atoms with E-state index in [0.29, 0.717) is 24.4 Å². The van der Waals surface area contributed by atoms with E-state index < -0.39 is 47.7 Å². The molecule has 1 aliphatic heterocycles. The summed E-state index contributed by atoms with van der Waals surface area (Å²) in [5.74, 6) is -0.815. The zero-order valence-electron chi connectivity index (χ0n) is 25.3. The van der Waals surface area contributed by atoms with Crippen LogP contribution in [0.25, 0.3) is 10.9 Å². The predicted octanol–water partition coefficient (Wildman–Crippen LogP) is 2.90. The third-order valence-electron chi connectivity index (χ3n) is 8.79. The number of piperidine rings is 1. The van der Waals surface area contributed by atoms with Crippen molar-refractivity contribution >= 4 is 34.4 Å². The molecule has 1 aromatic carbocycles. The molecular weight excluding hydrogens is 524 g/mol. The SMILES string of the molecule is COc1cccc2[nH]c(C(=O)N[C@@H](CC(C)C)C(=O)N3C[C@H]4[C@@H]([C@H]3C(=O)NC(C(=O)CO)C(C)(C)C)C4(C)C)cc12. The van der Waals surface area contributed by atoms with Crippen LogP contribution in [0.15, 0.2) is 24.3 Å². The van der Waals surface area contributed by atoms with Crippen molar-refractivity contribution in [2.45, 2.75) is 73.0 Å². The third kappa shape index (κ3) is 5.84. The Morgan fingerprint density at radius 3 is 2.44 bits per heavy atom. The molecule has 10 heteroatoms. The topological polar surface area (TPSA) is 141 Å². The van der Waals surface area contributed by atoms with Crippen LogP contribution >= 0.6 is 0 Å². The van der Waals surface area contributed by atoms with E-state index in [4.69, 9.17) is 4.74 Å². The molecule has 1 unspecified atom stereocenters. The van der Waals surface area contributed by atoms with Crippen LogP contribution in [0.4, 0.5) is 0 Å². The molecule has 1 saturated carbocycles. The summed E-state index contributed by atoms with van der Waals surface area (Å²) in [6.07, 6.45) is 0.394. The Labute approximate surface area is 241 Å².